The van der Waals surface area contributed by atoms with Gasteiger partial charge < -0.3 is 5.32 Å². The molecular weight excluding hydrogens is 294 g/mol. The maximum Gasteiger partial charge on any atom is 0.244 e. The quantitative estimate of drug-likeness (QED) is 0.467. The van der Waals surface area contributed by atoms with E-state index < -0.39 is 0 Å². The number of carbonyl (C=O) groups excluding carboxylic acids is 2. The number of allylic oxidation sites excluding steroid dienone is 1. The largest absolute Gasteiger partial charge is 0.353 e. The van der Waals surface area contributed by atoms with Gasteiger partial charge >= 0.3 is 0 Å². The van der Waals surface area contributed by atoms with E-state index in [0.717, 1.165) is 49.6 Å². The van der Waals surface area contributed by atoms with Gasteiger partial charge in [0.05, 0.1) is 0 Å². The zero-order valence-corrected chi connectivity index (χ0v) is 14.6. The highest BCUT2D eigenvalue weighted by Crippen LogP contribution is 2.22. The van der Waals surface area contributed by atoms with Crippen LogP contribution >= 0.6 is 11.8 Å². The lowest BCUT2D eigenvalue weighted by atomic mass is 10.0. The molecule has 0 aromatic rings. The summed E-state index contributed by atoms with van der Waals surface area (Å²) >= 11 is 1.12. The van der Waals surface area contributed by atoms with Gasteiger partial charge in [-0.15, -0.1) is 0 Å². The van der Waals surface area contributed by atoms with Gasteiger partial charge in [-0.05, 0) is 37.5 Å². The van der Waals surface area contributed by atoms with Crippen molar-refractivity contribution in [2.75, 3.05) is 6.54 Å². The van der Waals surface area contributed by atoms with Crippen molar-refractivity contribution in [1.82, 2.24) is 5.32 Å². The number of hydrogen-bond donors (Lipinski definition) is 1. The van der Waals surface area contributed by atoms with E-state index in [1.165, 1.54) is 44.6 Å². The fourth-order valence-electron chi connectivity index (χ4n) is 2.43. The lowest BCUT2D eigenvalue weighted by Gasteiger charge is -2.09. The van der Waals surface area contributed by atoms with E-state index in [1.807, 2.05) is 6.08 Å². The van der Waals surface area contributed by atoms with Crippen LogP contribution in [0.2, 0.25) is 0 Å². The Morgan fingerprint density at radius 2 is 1.95 bits per heavy atom. The first kappa shape index (κ1) is 19.0. The molecule has 0 spiro atoms. The Morgan fingerprint density at radius 1 is 1.18 bits per heavy atom. The van der Waals surface area contributed by atoms with Crippen LogP contribution < -0.4 is 5.32 Å². The second-order valence-corrected chi connectivity index (χ2v) is 6.62. The molecule has 0 unspecified atom stereocenters. The molecule has 1 aliphatic carbocycles. The number of thioether (sulfide) groups is 1. The summed E-state index contributed by atoms with van der Waals surface area (Å²) in [5.74, 6) is -0.105. The van der Waals surface area contributed by atoms with Crippen LogP contribution in [0.25, 0.3) is 0 Å². The Hall–Kier alpha value is -1.03. The Bertz CT molecular complexity index is 402. The third kappa shape index (κ3) is 9.08. The molecule has 22 heavy (non-hydrogen) atoms. The van der Waals surface area contributed by atoms with Crippen LogP contribution in [0.4, 0.5) is 0 Å². The lowest BCUT2D eigenvalue weighted by Crippen LogP contribution is -2.21. The third-order valence-electron chi connectivity index (χ3n) is 3.78. The molecule has 0 aromatic heterocycles. The van der Waals surface area contributed by atoms with E-state index in [1.54, 1.807) is 5.41 Å². The molecule has 0 aliphatic heterocycles. The molecule has 124 valence electrons. The molecule has 0 heterocycles. The van der Waals surface area contributed by atoms with Crippen LogP contribution in [-0.2, 0) is 9.59 Å². The number of nitrogens with one attached hydrogen (secondary N) is 1. The van der Waals surface area contributed by atoms with Crippen molar-refractivity contribution in [2.24, 2.45) is 0 Å². The monoisotopic (exact) mass is 323 g/mol. The summed E-state index contributed by atoms with van der Waals surface area (Å²) in [7, 11) is 0. The first-order valence-electron chi connectivity index (χ1n) is 8.58. The molecule has 4 heteroatoms. The van der Waals surface area contributed by atoms with Crippen molar-refractivity contribution in [3.8, 4) is 0 Å². The summed E-state index contributed by atoms with van der Waals surface area (Å²) in [5, 5.41) is 4.55. The highest BCUT2D eigenvalue weighted by Gasteiger charge is 2.11. The minimum absolute atomic E-state index is 0.0830. The van der Waals surface area contributed by atoms with Crippen LogP contribution in [0.1, 0.15) is 71.1 Å². The maximum atomic E-state index is 11.9. The van der Waals surface area contributed by atoms with Crippen molar-refractivity contribution >= 4 is 22.8 Å². The molecule has 0 bridgehead atoms. The Morgan fingerprint density at radius 3 is 2.68 bits per heavy atom. The molecule has 1 amide bonds. The summed E-state index contributed by atoms with van der Waals surface area (Å²) in [4.78, 5) is 23.5. The SMILES string of the molecule is CCCCCCCCNC(=O)C=CSC(=O)C1=CCCCC1. The van der Waals surface area contributed by atoms with Crippen molar-refractivity contribution in [3.05, 3.63) is 23.1 Å². The molecule has 0 saturated heterocycles. The van der Waals surface area contributed by atoms with Gasteiger partial charge in [0, 0.05) is 18.2 Å². The number of carbonyl (C=O) groups is 2. The van der Waals surface area contributed by atoms with Crippen molar-refractivity contribution in [1.29, 1.82) is 0 Å². The highest BCUT2D eigenvalue weighted by atomic mass is 32.2. The summed E-state index contributed by atoms with van der Waals surface area (Å²) in [6.07, 6.45) is 15.0. The highest BCUT2D eigenvalue weighted by molar-refractivity contribution is 8.16. The molecule has 1 aliphatic rings. The molecule has 0 fully saturated rings. The minimum Gasteiger partial charge on any atom is -0.353 e. The van der Waals surface area contributed by atoms with Crippen molar-refractivity contribution in [2.45, 2.75) is 71.1 Å². The first-order chi connectivity index (χ1) is 10.7. The van der Waals surface area contributed by atoms with Crippen LogP contribution in [0, 0.1) is 0 Å². The fourth-order valence-corrected chi connectivity index (χ4v) is 3.08. The van der Waals surface area contributed by atoms with Crippen molar-refractivity contribution in [3.63, 3.8) is 0 Å². The molecule has 0 atom stereocenters. The zero-order chi connectivity index (χ0) is 16.0. The maximum absolute atomic E-state index is 11.9. The molecular formula is C18H29NO2S. The van der Waals surface area contributed by atoms with E-state index in [4.69, 9.17) is 0 Å². The van der Waals surface area contributed by atoms with Gasteiger partial charge in [-0.2, -0.15) is 0 Å². The summed E-state index contributed by atoms with van der Waals surface area (Å²) < 4.78 is 0. The topological polar surface area (TPSA) is 46.2 Å². The van der Waals surface area contributed by atoms with Gasteiger partial charge in [0.2, 0.25) is 11.0 Å². The van der Waals surface area contributed by atoms with Gasteiger partial charge in [-0.1, -0.05) is 56.9 Å². The van der Waals surface area contributed by atoms with E-state index in [0.29, 0.717) is 0 Å². The summed E-state index contributed by atoms with van der Waals surface area (Å²) in [5.41, 5.74) is 0.911. The Labute approximate surface area is 139 Å². The average molecular weight is 324 g/mol. The molecule has 0 aromatic carbocycles. The van der Waals surface area contributed by atoms with E-state index in [-0.39, 0.29) is 11.0 Å². The minimum atomic E-state index is -0.105. The lowest BCUT2D eigenvalue weighted by molar-refractivity contribution is -0.116. The molecule has 3 nitrogen and oxygen atoms in total. The van der Waals surface area contributed by atoms with Gasteiger partial charge in [0.15, 0.2) is 0 Å². The first-order valence-corrected chi connectivity index (χ1v) is 9.46. The van der Waals surface area contributed by atoms with Gasteiger partial charge in [-0.3, -0.25) is 9.59 Å². The number of rotatable bonds is 10. The van der Waals surface area contributed by atoms with E-state index >= 15 is 0 Å². The third-order valence-corrected chi connectivity index (χ3v) is 4.53. The standard InChI is InChI=1S/C18H29NO2S/c1-2-3-4-5-6-10-14-19-17(20)13-15-22-18(21)16-11-8-7-9-12-16/h11,13,15H,2-10,12,14H2,1H3,(H,19,20). The molecule has 1 rings (SSSR count). The number of unbranched alkanes of at least 4 members (excludes halogenated alkanes) is 5. The normalized spacial score (nSPS) is 14.9. The number of hydrogen-bond acceptors (Lipinski definition) is 3. The van der Waals surface area contributed by atoms with Gasteiger partial charge in [0.25, 0.3) is 0 Å². The summed E-state index contributed by atoms with van der Waals surface area (Å²) in [6, 6.07) is 0. The van der Waals surface area contributed by atoms with Crippen LogP contribution in [0.15, 0.2) is 23.1 Å². The second kappa shape index (κ2) is 12.5. The molecule has 1 N–H and O–H groups in total. The Balaban J connectivity index is 2.06. The second-order valence-electron chi connectivity index (χ2n) is 5.74. The summed E-state index contributed by atoms with van der Waals surface area (Å²) in [6.45, 7) is 2.93. The Kier molecular flexibility index (Phi) is 10.8. The van der Waals surface area contributed by atoms with Gasteiger partial charge in [0.1, 0.15) is 0 Å². The molecule has 0 saturated carbocycles. The predicted molar refractivity (Wildman–Crippen MR) is 94.7 cm³/mol. The number of amides is 1. The van der Waals surface area contributed by atoms with Crippen LogP contribution in [0.3, 0.4) is 0 Å². The molecule has 0 radical (unpaired) electrons. The van der Waals surface area contributed by atoms with Gasteiger partial charge in [-0.25, -0.2) is 0 Å². The van der Waals surface area contributed by atoms with E-state index in [2.05, 4.69) is 12.2 Å². The average Bonchev–Trinajstić information content (AvgIpc) is 2.54. The fraction of sp³-hybridized carbons (Fsp3) is 0.667. The van der Waals surface area contributed by atoms with Crippen LogP contribution in [-0.4, -0.2) is 17.6 Å². The smallest absolute Gasteiger partial charge is 0.244 e. The van der Waals surface area contributed by atoms with E-state index in [9.17, 15) is 9.59 Å². The van der Waals surface area contributed by atoms with Crippen molar-refractivity contribution < 1.29 is 9.59 Å². The zero-order valence-electron chi connectivity index (χ0n) is 13.7. The van der Waals surface area contributed by atoms with Crippen LogP contribution in [0.5, 0.6) is 0 Å². The predicted octanol–water partition coefficient (Wildman–Crippen LogP) is 4.74.